The third-order valence-electron chi connectivity index (χ3n) is 3.37. The van der Waals surface area contributed by atoms with Crippen molar-refractivity contribution in [1.82, 2.24) is 0 Å². The van der Waals surface area contributed by atoms with Crippen LogP contribution in [0, 0.1) is 5.41 Å². The van der Waals surface area contributed by atoms with E-state index in [-0.39, 0.29) is 0 Å². The van der Waals surface area contributed by atoms with E-state index in [0.717, 1.165) is 25.7 Å². The molecule has 0 heterocycles. The van der Waals surface area contributed by atoms with Crippen molar-refractivity contribution in [1.29, 1.82) is 0 Å². The molecule has 1 heteroatoms. The topological polar surface area (TPSA) is 17.1 Å². The molecule has 14 heavy (non-hydrogen) atoms. The fourth-order valence-electron chi connectivity index (χ4n) is 2.28. The van der Waals surface area contributed by atoms with Crippen molar-refractivity contribution in [3.8, 4) is 0 Å². The van der Waals surface area contributed by atoms with Gasteiger partial charge in [-0.1, -0.05) is 33.1 Å². The first-order valence-electron chi connectivity index (χ1n) is 6.12. The minimum Gasteiger partial charge on any atom is -0.300 e. The van der Waals surface area contributed by atoms with Crippen molar-refractivity contribution in [2.45, 2.75) is 71.6 Å². The normalized spacial score (nSPS) is 25.4. The van der Waals surface area contributed by atoms with Crippen LogP contribution in [0.25, 0.3) is 0 Å². The SMILES string of the molecule is CC1(C)CCCCCC(=O)CCCC1. The van der Waals surface area contributed by atoms with Gasteiger partial charge in [0.25, 0.3) is 0 Å². The maximum atomic E-state index is 11.4. The van der Waals surface area contributed by atoms with Crippen molar-refractivity contribution in [3.63, 3.8) is 0 Å². The monoisotopic (exact) mass is 196 g/mol. The fraction of sp³-hybridized carbons (Fsp3) is 0.923. The summed E-state index contributed by atoms with van der Waals surface area (Å²) in [6, 6.07) is 0. The van der Waals surface area contributed by atoms with Crippen LogP contribution in [-0.2, 0) is 4.79 Å². The number of carbonyl (C=O) groups is 1. The van der Waals surface area contributed by atoms with Crippen molar-refractivity contribution in [2.24, 2.45) is 5.41 Å². The van der Waals surface area contributed by atoms with Gasteiger partial charge in [0.1, 0.15) is 5.78 Å². The molecule has 1 aliphatic carbocycles. The van der Waals surface area contributed by atoms with Crippen molar-refractivity contribution < 1.29 is 4.79 Å². The highest BCUT2D eigenvalue weighted by atomic mass is 16.1. The van der Waals surface area contributed by atoms with Crippen LogP contribution in [0.15, 0.2) is 0 Å². The second kappa shape index (κ2) is 5.53. The molecular weight excluding hydrogens is 172 g/mol. The Labute approximate surface area is 88.3 Å². The maximum absolute atomic E-state index is 11.4. The Balaban J connectivity index is 2.38. The van der Waals surface area contributed by atoms with Crippen LogP contribution in [0.5, 0.6) is 0 Å². The molecule has 0 radical (unpaired) electrons. The van der Waals surface area contributed by atoms with Gasteiger partial charge in [-0.3, -0.25) is 4.79 Å². The molecule has 1 aliphatic rings. The second-order valence-electron chi connectivity index (χ2n) is 5.47. The largest absolute Gasteiger partial charge is 0.300 e. The first-order chi connectivity index (χ1) is 6.60. The summed E-state index contributed by atoms with van der Waals surface area (Å²) < 4.78 is 0. The molecule has 0 aromatic carbocycles. The smallest absolute Gasteiger partial charge is 0.132 e. The molecule has 0 aliphatic heterocycles. The number of hydrogen-bond acceptors (Lipinski definition) is 1. The molecule has 82 valence electrons. The zero-order valence-corrected chi connectivity index (χ0v) is 9.77. The van der Waals surface area contributed by atoms with E-state index in [2.05, 4.69) is 13.8 Å². The van der Waals surface area contributed by atoms with Gasteiger partial charge in [0, 0.05) is 12.8 Å². The summed E-state index contributed by atoms with van der Waals surface area (Å²) in [4.78, 5) is 11.4. The lowest BCUT2D eigenvalue weighted by molar-refractivity contribution is -0.119. The Kier molecular flexibility index (Phi) is 4.64. The predicted molar refractivity (Wildman–Crippen MR) is 60.3 cm³/mol. The number of Topliss-reactive ketones (excluding diaryl/α,β-unsaturated/α-hetero) is 1. The molecule has 0 saturated heterocycles. The van der Waals surface area contributed by atoms with E-state index in [1.54, 1.807) is 0 Å². The predicted octanol–water partition coefficient (Wildman–Crippen LogP) is 4.11. The van der Waals surface area contributed by atoms with Crippen molar-refractivity contribution >= 4 is 5.78 Å². The van der Waals surface area contributed by atoms with Gasteiger partial charge in [0.15, 0.2) is 0 Å². The Bertz CT molecular complexity index is 182. The number of hydrogen-bond donors (Lipinski definition) is 0. The molecule has 0 aromatic heterocycles. The van der Waals surface area contributed by atoms with E-state index in [1.165, 1.54) is 32.1 Å². The minimum absolute atomic E-state index is 0.490. The molecular formula is C13H24O. The van der Waals surface area contributed by atoms with E-state index in [9.17, 15) is 4.79 Å². The van der Waals surface area contributed by atoms with Gasteiger partial charge in [-0.2, -0.15) is 0 Å². The molecule has 0 aromatic rings. The van der Waals surface area contributed by atoms with Crippen LogP contribution in [0.1, 0.15) is 71.6 Å². The van der Waals surface area contributed by atoms with E-state index in [1.807, 2.05) is 0 Å². The zero-order valence-electron chi connectivity index (χ0n) is 9.77. The Hall–Kier alpha value is -0.330. The quantitative estimate of drug-likeness (QED) is 0.570. The zero-order chi connectivity index (χ0) is 10.4. The Morgan fingerprint density at radius 1 is 0.857 bits per heavy atom. The summed E-state index contributed by atoms with van der Waals surface area (Å²) in [5, 5.41) is 0. The molecule has 0 amide bonds. The summed E-state index contributed by atoms with van der Waals surface area (Å²) >= 11 is 0. The highest BCUT2D eigenvalue weighted by molar-refractivity contribution is 5.78. The molecule has 0 unspecified atom stereocenters. The van der Waals surface area contributed by atoms with E-state index in [4.69, 9.17) is 0 Å². The van der Waals surface area contributed by atoms with Crippen LogP contribution in [-0.4, -0.2) is 5.78 Å². The van der Waals surface area contributed by atoms with Crippen molar-refractivity contribution in [2.75, 3.05) is 0 Å². The van der Waals surface area contributed by atoms with Crippen LogP contribution in [0.3, 0.4) is 0 Å². The van der Waals surface area contributed by atoms with Crippen molar-refractivity contribution in [3.05, 3.63) is 0 Å². The van der Waals surface area contributed by atoms with Gasteiger partial charge in [-0.15, -0.1) is 0 Å². The van der Waals surface area contributed by atoms with Gasteiger partial charge in [-0.05, 0) is 31.1 Å². The third-order valence-corrected chi connectivity index (χ3v) is 3.37. The minimum atomic E-state index is 0.490. The summed E-state index contributed by atoms with van der Waals surface area (Å²) in [5.74, 6) is 0.490. The first-order valence-corrected chi connectivity index (χ1v) is 6.12. The fourth-order valence-corrected chi connectivity index (χ4v) is 2.28. The summed E-state index contributed by atoms with van der Waals surface area (Å²) in [6.45, 7) is 4.74. The number of rotatable bonds is 0. The van der Waals surface area contributed by atoms with E-state index >= 15 is 0 Å². The van der Waals surface area contributed by atoms with Crippen LogP contribution < -0.4 is 0 Å². The molecule has 0 spiro atoms. The number of ketones is 1. The Morgan fingerprint density at radius 2 is 1.36 bits per heavy atom. The van der Waals surface area contributed by atoms with Gasteiger partial charge in [-0.25, -0.2) is 0 Å². The Morgan fingerprint density at radius 3 is 2.00 bits per heavy atom. The second-order valence-corrected chi connectivity index (χ2v) is 5.47. The molecule has 1 nitrogen and oxygen atoms in total. The molecule has 0 N–H and O–H groups in total. The maximum Gasteiger partial charge on any atom is 0.132 e. The lowest BCUT2D eigenvalue weighted by Crippen LogP contribution is -2.10. The summed E-state index contributed by atoms with van der Waals surface area (Å²) in [5.41, 5.74) is 0.507. The highest BCUT2D eigenvalue weighted by Crippen LogP contribution is 2.30. The lowest BCUT2D eigenvalue weighted by Gasteiger charge is -2.24. The molecule has 0 bridgehead atoms. The van der Waals surface area contributed by atoms with E-state index < -0.39 is 0 Å². The molecule has 1 fully saturated rings. The molecule has 1 saturated carbocycles. The van der Waals surface area contributed by atoms with Gasteiger partial charge < -0.3 is 0 Å². The summed E-state index contributed by atoms with van der Waals surface area (Å²) in [6.07, 6.45) is 10.3. The average Bonchev–Trinajstić information content (AvgIpc) is 2.13. The lowest BCUT2D eigenvalue weighted by atomic mass is 9.82. The average molecular weight is 196 g/mol. The van der Waals surface area contributed by atoms with Crippen LogP contribution >= 0.6 is 0 Å². The first kappa shape index (κ1) is 11.7. The van der Waals surface area contributed by atoms with E-state index in [0.29, 0.717) is 11.2 Å². The standard InChI is InChI=1S/C13H24O/c1-13(2)10-6-3-4-8-12(14)9-5-7-11-13/h3-11H2,1-2H3. The van der Waals surface area contributed by atoms with Crippen LogP contribution in [0.2, 0.25) is 0 Å². The highest BCUT2D eigenvalue weighted by Gasteiger charge is 2.17. The molecule has 1 rings (SSSR count). The summed E-state index contributed by atoms with van der Waals surface area (Å²) in [7, 11) is 0. The third kappa shape index (κ3) is 4.78. The van der Waals surface area contributed by atoms with Gasteiger partial charge in [0.2, 0.25) is 0 Å². The van der Waals surface area contributed by atoms with Crippen LogP contribution in [0.4, 0.5) is 0 Å². The van der Waals surface area contributed by atoms with Gasteiger partial charge in [0.05, 0.1) is 0 Å². The van der Waals surface area contributed by atoms with Gasteiger partial charge >= 0.3 is 0 Å². The molecule has 0 atom stereocenters. The number of carbonyl (C=O) groups excluding carboxylic acids is 1.